The van der Waals surface area contributed by atoms with E-state index < -0.39 is 0 Å². The van der Waals surface area contributed by atoms with E-state index in [0.717, 1.165) is 23.3 Å². The molecule has 2 amide bonds. The van der Waals surface area contributed by atoms with Gasteiger partial charge in [-0.3, -0.25) is 9.59 Å². The van der Waals surface area contributed by atoms with Crippen LogP contribution in [0, 0.1) is 18.8 Å². The Morgan fingerprint density at radius 1 is 1.06 bits per heavy atom. The summed E-state index contributed by atoms with van der Waals surface area (Å²) in [5.74, 6) is 1.92. The van der Waals surface area contributed by atoms with Crippen LogP contribution in [0.4, 0.5) is 0 Å². The molecule has 1 aromatic carbocycles. The molecule has 0 bridgehead atoms. The molecular formula is C26H36N2O4S. The molecule has 0 saturated heterocycles. The van der Waals surface area contributed by atoms with Crippen molar-refractivity contribution >= 4 is 23.2 Å². The molecular weight excluding hydrogens is 436 g/mol. The first-order valence-corrected chi connectivity index (χ1v) is 12.4. The van der Waals surface area contributed by atoms with Crippen molar-refractivity contribution in [1.29, 1.82) is 0 Å². The van der Waals surface area contributed by atoms with Crippen molar-refractivity contribution in [3.8, 4) is 11.5 Å². The van der Waals surface area contributed by atoms with Crippen molar-refractivity contribution in [3.63, 3.8) is 0 Å². The molecule has 0 aliphatic heterocycles. The molecule has 180 valence electrons. The number of ether oxygens (including phenoxy) is 2. The standard InChI is InChI=1S/C26H36N2O4S/c1-18(2)15-28(26(30)21-8-9-21)17-25(29)27(16-22-10-6-19(3)33-22)13-12-20-7-11-23(31-4)24(14-20)32-5/h6-7,10-11,14,18,21H,8-9,12-13,15-17H2,1-5H3. The van der Waals surface area contributed by atoms with E-state index in [9.17, 15) is 9.59 Å². The first-order chi connectivity index (χ1) is 15.8. The number of hydrogen-bond acceptors (Lipinski definition) is 5. The molecule has 0 spiro atoms. The van der Waals surface area contributed by atoms with Crippen LogP contribution < -0.4 is 9.47 Å². The van der Waals surface area contributed by atoms with Crippen molar-refractivity contribution < 1.29 is 19.1 Å². The van der Waals surface area contributed by atoms with Crippen molar-refractivity contribution in [3.05, 3.63) is 45.6 Å². The number of carbonyl (C=O) groups is 2. The number of thiophene rings is 1. The van der Waals surface area contributed by atoms with E-state index >= 15 is 0 Å². The quantitative estimate of drug-likeness (QED) is 0.455. The SMILES string of the molecule is COc1ccc(CCN(Cc2ccc(C)s2)C(=O)CN(CC(C)C)C(=O)C2CC2)cc1OC. The Morgan fingerprint density at radius 3 is 2.36 bits per heavy atom. The predicted molar refractivity (Wildman–Crippen MR) is 132 cm³/mol. The fourth-order valence-electron chi connectivity index (χ4n) is 3.88. The van der Waals surface area contributed by atoms with Gasteiger partial charge in [0, 0.05) is 28.8 Å². The van der Waals surface area contributed by atoms with Gasteiger partial charge in [0.25, 0.3) is 0 Å². The van der Waals surface area contributed by atoms with Gasteiger partial charge < -0.3 is 19.3 Å². The van der Waals surface area contributed by atoms with E-state index in [-0.39, 0.29) is 24.3 Å². The molecule has 0 radical (unpaired) electrons. The number of benzene rings is 1. The number of aryl methyl sites for hydroxylation is 1. The van der Waals surface area contributed by atoms with Gasteiger partial charge in [0.05, 0.1) is 27.3 Å². The third-order valence-corrected chi connectivity index (χ3v) is 6.75. The molecule has 33 heavy (non-hydrogen) atoms. The molecule has 1 aromatic heterocycles. The largest absolute Gasteiger partial charge is 0.493 e. The molecule has 0 atom stereocenters. The summed E-state index contributed by atoms with van der Waals surface area (Å²) < 4.78 is 10.8. The lowest BCUT2D eigenvalue weighted by atomic mass is 10.1. The van der Waals surface area contributed by atoms with Crippen LogP contribution in [0.5, 0.6) is 11.5 Å². The zero-order valence-corrected chi connectivity index (χ0v) is 21.2. The Kier molecular flexibility index (Phi) is 8.78. The summed E-state index contributed by atoms with van der Waals surface area (Å²) in [6.45, 7) is 8.12. The average Bonchev–Trinajstić information content (AvgIpc) is 3.56. The molecule has 7 heteroatoms. The molecule has 2 aromatic rings. The Balaban J connectivity index is 1.73. The highest BCUT2D eigenvalue weighted by molar-refractivity contribution is 7.11. The summed E-state index contributed by atoms with van der Waals surface area (Å²) in [7, 11) is 3.24. The summed E-state index contributed by atoms with van der Waals surface area (Å²) in [6, 6.07) is 10.0. The van der Waals surface area contributed by atoms with Gasteiger partial charge >= 0.3 is 0 Å². The van der Waals surface area contributed by atoms with Crippen LogP contribution in [0.1, 0.15) is 42.0 Å². The molecule has 1 aliphatic carbocycles. The molecule has 0 N–H and O–H groups in total. The van der Waals surface area contributed by atoms with Crippen LogP contribution in [0.25, 0.3) is 0 Å². The van der Waals surface area contributed by atoms with E-state index in [1.54, 1.807) is 30.5 Å². The lowest BCUT2D eigenvalue weighted by Crippen LogP contribution is -2.45. The topological polar surface area (TPSA) is 59.1 Å². The van der Waals surface area contributed by atoms with E-state index in [1.165, 1.54) is 4.88 Å². The van der Waals surface area contributed by atoms with E-state index in [4.69, 9.17) is 9.47 Å². The smallest absolute Gasteiger partial charge is 0.242 e. The summed E-state index contributed by atoms with van der Waals surface area (Å²) in [5.41, 5.74) is 1.07. The van der Waals surface area contributed by atoms with Gasteiger partial charge in [0.1, 0.15) is 0 Å². The fraction of sp³-hybridized carbons (Fsp3) is 0.538. The summed E-state index contributed by atoms with van der Waals surface area (Å²) in [4.78, 5) is 32.3. The zero-order chi connectivity index (χ0) is 24.0. The number of methoxy groups -OCH3 is 2. The lowest BCUT2D eigenvalue weighted by molar-refractivity contribution is -0.142. The van der Waals surface area contributed by atoms with Crippen LogP contribution in [0.15, 0.2) is 30.3 Å². The number of hydrogen-bond donors (Lipinski definition) is 0. The first-order valence-electron chi connectivity index (χ1n) is 11.6. The minimum Gasteiger partial charge on any atom is -0.493 e. The summed E-state index contributed by atoms with van der Waals surface area (Å²) >= 11 is 1.71. The maximum atomic E-state index is 13.4. The Morgan fingerprint density at radius 2 is 1.79 bits per heavy atom. The first kappa shape index (κ1) is 25.1. The highest BCUT2D eigenvalue weighted by atomic mass is 32.1. The summed E-state index contributed by atoms with van der Waals surface area (Å²) in [6.07, 6.45) is 2.58. The second-order valence-electron chi connectivity index (χ2n) is 9.15. The van der Waals surface area contributed by atoms with Gasteiger partial charge in [-0.15, -0.1) is 11.3 Å². The molecule has 1 saturated carbocycles. The van der Waals surface area contributed by atoms with Crippen LogP contribution in [0.2, 0.25) is 0 Å². The average molecular weight is 473 g/mol. The maximum Gasteiger partial charge on any atom is 0.242 e. The molecule has 1 fully saturated rings. The zero-order valence-electron chi connectivity index (χ0n) is 20.4. The van der Waals surface area contributed by atoms with Crippen molar-refractivity contribution in [2.75, 3.05) is 33.9 Å². The second-order valence-corrected chi connectivity index (χ2v) is 10.5. The minimum atomic E-state index is -0.00354. The number of rotatable bonds is 12. The molecule has 6 nitrogen and oxygen atoms in total. The van der Waals surface area contributed by atoms with Gasteiger partial charge in [-0.25, -0.2) is 0 Å². The van der Waals surface area contributed by atoms with Crippen LogP contribution in [-0.4, -0.2) is 55.5 Å². The minimum absolute atomic E-state index is 0.00354. The Hall–Kier alpha value is -2.54. The van der Waals surface area contributed by atoms with Gasteiger partial charge in [0.15, 0.2) is 11.5 Å². The van der Waals surface area contributed by atoms with E-state index in [2.05, 4.69) is 32.9 Å². The van der Waals surface area contributed by atoms with Gasteiger partial charge in [-0.1, -0.05) is 19.9 Å². The fourth-order valence-corrected chi connectivity index (χ4v) is 4.78. The molecule has 1 heterocycles. The monoisotopic (exact) mass is 472 g/mol. The summed E-state index contributed by atoms with van der Waals surface area (Å²) in [5, 5.41) is 0. The van der Waals surface area contributed by atoms with Gasteiger partial charge in [0.2, 0.25) is 11.8 Å². The highest BCUT2D eigenvalue weighted by Crippen LogP contribution is 2.31. The van der Waals surface area contributed by atoms with E-state index in [0.29, 0.717) is 43.5 Å². The van der Waals surface area contributed by atoms with Crippen LogP contribution in [-0.2, 0) is 22.6 Å². The predicted octanol–water partition coefficient (Wildman–Crippen LogP) is 4.54. The Labute approximate surface area is 201 Å². The van der Waals surface area contributed by atoms with Crippen molar-refractivity contribution in [1.82, 2.24) is 9.80 Å². The molecule has 0 unspecified atom stereocenters. The lowest BCUT2D eigenvalue weighted by Gasteiger charge is -2.29. The normalized spacial score (nSPS) is 13.2. The van der Waals surface area contributed by atoms with E-state index in [1.807, 2.05) is 23.1 Å². The number of nitrogens with zero attached hydrogens (tertiary/aromatic N) is 2. The molecule has 1 aliphatic rings. The highest BCUT2D eigenvalue weighted by Gasteiger charge is 2.34. The number of amides is 2. The second kappa shape index (κ2) is 11.5. The van der Waals surface area contributed by atoms with Gasteiger partial charge in [-0.2, -0.15) is 0 Å². The van der Waals surface area contributed by atoms with Crippen LogP contribution in [0.3, 0.4) is 0 Å². The van der Waals surface area contributed by atoms with Crippen molar-refractivity contribution in [2.45, 2.75) is 46.6 Å². The number of carbonyl (C=O) groups excluding carboxylic acids is 2. The van der Waals surface area contributed by atoms with Crippen molar-refractivity contribution in [2.24, 2.45) is 11.8 Å². The Bertz CT molecular complexity index is 952. The molecule has 3 rings (SSSR count). The third kappa shape index (κ3) is 7.22. The van der Waals surface area contributed by atoms with Gasteiger partial charge in [-0.05, 0) is 61.9 Å². The van der Waals surface area contributed by atoms with Crippen LogP contribution >= 0.6 is 11.3 Å². The third-order valence-electron chi connectivity index (χ3n) is 5.76. The maximum absolute atomic E-state index is 13.4.